The van der Waals surface area contributed by atoms with Gasteiger partial charge in [0.1, 0.15) is 17.7 Å². The molecule has 3 aliphatic heterocycles. The number of unbranched alkanes of at least 4 members (excludes halogenated alkanes) is 1. The Morgan fingerprint density at radius 3 is 2.59 bits per heavy atom. The second-order valence-electron chi connectivity index (χ2n) is 13.8. The van der Waals surface area contributed by atoms with Crippen LogP contribution in [0.5, 0.6) is 0 Å². The first-order valence-corrected chi connectivity index (χ1v) is 17.8. The number of nitrogens with zero attached hydrogens (tertiary/aromatic N) is 2. The summed E-state index contributed by atoms with van der Waals surface area (Å²) in [7, 11) is 1.51. The third-order valence-electron chi connectivity index (χ3n) is 10.4. The number of esters is 1. The molecule has 0 saturated carbocycles. The van der Waals surface area contributed by atoms with Crippen molar-refractivity contribution in [3.63, 3.8) is 0 Å². The molecule has 51 heavy (non-hydrogen) atoms. The van der Waals surface area contributed by atoms with Crippen molar-refractivity contribution in [3.8, 4) is 0 Å². The summed E-state index contributed by atoms with van der Waals surface area (Å²) in [6.07, 6.45) is 4.27. The summed E-state index contributed by atoms with van der Waals surface area (Å²) in [5.74, 6) is -3.43. The summed E-state index contributed by atoms with van der Waals surface area (Å²) >= 11 is 0. The second kappa shape index (κ2) is 16.8. The van der Waals surface area contributed by atoms with E-state index in [2.05, 4.69) is 18.5 Å². The Balaban J connectivity index is 1.50. The number of allylic oxidation sites excluding steroid dienone is 1. The number of aliphatic hydroxyl groups excluding tert-OH is 1. The van der Waals surface area contributed by atoms with Crippen molar-refractivity contribution < 1.29 is 38.5 Å². The SMILES string of the molecule is C=CCCC(=O)N[C@H](COC)[C@H](OC(=O)[C@@H]1[C@@H]2CC[C@]3(O2)[C@H](C(=O)N(CC=C)c2cc(C)ccc2C)N(CCCCO)C(=O)[C@@H]13)c1ccccc1. The number of carbonyl (C=O) groups excluding carboxylic acids is 4. The number of ether oxygens (including phenoxy) is 3. The summed E-state index contributed by atoms with van der Waals surface area (Å²) in [6.45, 7) is 11.9. The van der Waals surface area contributed by atoms with Crippen LogP contribution in [0.1, 0.15) is 61.3 Å². The molecule has 3 fully saturated rings. The lowest BCUT2D eigenvalue weighted by atomic mass is 9.70. The summed E-state index contributed by atoms with van der Waals surface area (Å²) in [4.78, 5) is 60.0. The van der Waals surface area contributed by atoms with E-state index in [1.165, 1.54) is 7.11 Å². The van der Waals surface area contributed by atoms with Gasteiger partial charge in [-0.15, -0.1) is 13.2 Å². The first-order valence-electron chi connectivity index (χ1n) is 17.8. The van der Waals surface area contributed by atoms with Gasteiger partial charge in [-0.05, 0) is 68.7 Å². The maximum atomic E-state index is 14.9. The molecule has 3 saturated heterocycles. The summed E-state index contributed by atoms with van der Waals surface area (Å²) in [5, 5.41) is 12.5. The number of anilines is 1. The van der Waals surface area contributed by atoms with Crippen LogP contribution >= 0.6 is 0 Å². The molecular weight excluding hydrogens is 650 g/mol. The number of carbonyl (C=O) groups is 4. The Kier molecular flexibility index (Phi) is 12.5. The molecule has 2 N–H and O–H groups in total. The number of nitrogens with one attached hydrogen (secondary N) is 1. The molecule has 0 aromatic heterocycles. The molecule has 5 rings (SSSR count). The van der Waals surface area contributed by atoms with Crippen LogP contribution in [0.3, 0.4) is 0 Å². The van der Waals surface area contributed by atoms with Crippen LogP contribution in [0, 0.1) is 25.7 Å². The Bertz CT molecular complexity index is 1600. The van der Waals surface area contributed by atoms with Gasteiger partial charge in [0.25, 0.3) is 5.91 Å². The van der Waals surface area contributed by atoms with Gasteiger partial charge in [0.05, 0.1) is 30.6 Å². The number of methoxy groups -OCH3 is 1. The van der Waals surface area contributed by atoms with E-state index in [1.807, 2.05) is 62.4 Å². The van der Waals surface area contributed by atoms with E-state index in [0.717, 1.165) is 16.8 Å². The van der Waals surface area contributed by atoms with Crippen LogP contribution in [0.25, 0.3) is 0 Å². The van der Waals surface area contributed by atoms with Gasteiger partial charge < -0.3 is 34.4 Å². The standard InChI is InChI=1S/C40H51N3O8/c1-6-8-16-32(45)41-29(25-49-5)35(28-14-10-9-11-15-28)50-39(48)33-31-19-20-40(51-31)34(33)37(46)43(22-12-13-23-44)36(40)38(47)42(21-7-2)30-24-26(3)17-18-27(30)4/h6-7,9-11,14-15,17-18,24,29,31,33-36,44H,1-2,8,12-13,16,19-23,25H2,3-5H3,(H,41,45)/t29-,31+,33-,34-,35-,36+,40-/m1/s1. The Morgan fingerprint density at radius 2 is 1.90 bits per heavy atom. The fraction of sp³-hybridized carbons (Fsp3) is 0.500. The fourth-order valence-corrected chi connectivity index (χ4v) is 8.05. The van der Waals surface area contributed by atoms with Crippen molar-refractivity contribution >= 4 is 29.4 Å². The molecule has 7 atom stereocenters. The molecule has 3 amide bonds. The van der Waals surface area contributed by atoms with E-state index in [4.69, 9.17) is 14.2 Å². The minimum Gasteiger partial charge on any atom is -0.455 e. The van der Waals surface area contributed by atoms with Crippen molar-refractivity contribution in [2.45, 2.75) is 82.3 Å². The van der Waals surface area contributed by atoms with Crippen LogP contribution in [0.15, 0.2) is 73.8 Å². The zero-order chi connectivity index (χ0) is 36.7. The van der Waals surface area contributed by atoms with E-state index >= 15 is 0 Å². The highest BCUT2D eigenvalue weighted by molar-refractivity contribution is 6.05. The smallest absolute Gasteiger partial charge is 0.313 e. The summed E-state index contributed by atoms with van der Waals surface area (Å²) in [5.41, 5.74) is 2.00. The Hall–Kier alpha value is -4.32. The topological polar surface area (TPSA) is 135 Å². The van der Waals surface area contributed by atoms with E-state index in [0.29, 0.717) is 37.7 Å². The number of hydrogen-bond donors (Lipinski definition) is 2. The second-order valence-corrected chi connectivity index (χ2v) is 13.8. The van der Waals surface area contributed by atoms with Gasteiger partial charge in [-0.2, -0.15) is 0 Å². The molecule has 0 unspecified atom stereocenters. The fourth-order valence-electron chi connectivity index (χ4n) is 8.05. The summed E-state index contributed by atoms with van der Waals surface area (Å²) < 4.78 is 18.5. The van der Waals surface area contributed by atoms with E-state index < -0.39 is 47.7 Å². The van der Waals surface area contributed by atoms with Crippen molar-refractivity contribution in [1.82, 2.24) is 10.2 Å². The van der Waals surface area contributed by atoms with Gasteiger partial charge in [-0.1, -0.05) is 54.6 Å². The van der Waals surface area contributed by atoms with Crippen LogP contribution in [-0.4, -0.2) is 90.9 Å². The lowest BCUT2D eigenvalue weighted by Gasteiger charge is -2.37. The molecule has 3 aliphatic rings. The zero-order valence-corrected chi connectivity index (χ0v) is 29.9. The molecular formula is C40H51N3O8. The maximum absolute atomic E-state index is 14.9. The van der Waals surface area contributed by atoms with Gasteiger partial charge >= 0.3 is 5.97 Å². The number of rotatable bonds is 18. The van der Waals surface area contributed by atoms with Crippen LogP contribution in [-0.2, 0) is 33.4 Å². The number of aryl methyl sites for hydroxylation is 2. The Labute approximate surface area is 300 Å². The van der Waals surface area contributed by atoms with Crippen LogP contribution < -0.4 is 10.2 Å². The van der Waals surface area contributed by atoms with Gasteiger partial charge in [-0.25, -0.2) is 0 Å². The molecule has 3 heterocycles. The minimum atomic E-state index is -1.24. The van der Waals surface area contributed by atoms with Crippen molar-refractivity contribution in [3.05, 3.63) is 90.5 Å². The lowest BCUT2D eigenvalue weighted by Crippen LogP contribution is -2.56. The van der Waals surface area contributed by atoms with Crippen LogP contribution in [0.2, 0.25) is 0 Å². The number of benzene rings is 2. The molecule has 11 heteroatoms. The van der Waals surface area contributed by atoms with Crippen molar-refractivity contribution in [2.75, 3.05) is 38.3 Å². The van der Waals surface area contributed by atoms with Crippen molar-refractivity contribution in [1.29, 1.82) is 0 Å². The lowest BCUT2D eigenvalue weighted by molar-refractivity contribution is -0.163. The maximum Gasteiger partial charge on any atom is 0.313 e. The average Bonchev–Trinajstić information content (AvgIpc) is 3.77. The first kappa shape index (κ1) is 37.9. The van der Waals surface area contributed by atoms with Crippen molar-refractivity contribution in [2.24, 2.45) is 11.8 Å². The third kappa shape index (κ3) is 7.66. The minimum absolute atomic E-state index is 0.0541. The molecule has 0 aliphatic carbocycles. The van der Waals surface area contributed by atoms with E-state index in [9.17, 15) is 24.3 Å². The predicted molar refractivity (Wildman–Crippen MR) is 193 cm³/mol. The number of likely N-dealkylation sites (tertiary alicyclic amines) is 1. The number of hydrogen-bond acceptors (Lipinski definition) is 8. The molecule has 2 aromatic rings. The van der Waals surface area contributed by atoms with Gasteiger partial charge in [0.2, 0.25) is 11.8 Å². The highest BCUT2D eigenvalue weighted by atomic mass is 16.6. The molecule has 274 valence electrons. The third-order valence-corrected chi connectivity index (χ3v) is 10.4. The number of aliphatic hydroxyl groups is 1. The summed E-state index contributed by atoms with van der Waals surface area (Å²) in [6, 6.07) is 13.3. The molecule has 1 spiro atoms. The average molecular weight is 702 g/mol. The normalized spacial score (nSPS) is 24.5. The van der Waals surface area contributed by atoms with Crippen LogP contribution in [0.4, 0.5) is 5.69 Å². The largest absolute Gasteiger partial charge is 0.455 e. The monoisotopic (exact) mass is 701 g/mol. The van der Waals surface area contributed by atoms with E-state index in [1.54, 1.807) is 22.0 Å². The van der Waals surface area contributed by atoms with Gasteiger partial charge in [0, 0.05) is 38.9 Å². The van der Waals surface area contributed by atoms with Gasteiger partial charge in [0.15, 0.2) is 0 Å². The van der Waals surface area contributed by atoms with Gasteiger partial charge in [-0.3, -0.25) is 19.2 Å². The molecule has 0 radical (unpaired) electrons. The Morgan fingerprint density at radius 1 is 1.14 bits per heavy atom. The van der Waals surface area contributed by atoms with E-state index in [-0.39, 0.29) is 50.4 Å². The highest BCUT2D eigenvalue weighted by Gasteiger charge is 2.75. The predicted octanol–water partition coefficient (Wildman–Crippen LogP) is 4.35. The zero-order valence-electron chi connectivity index (χ0n) is 29.9. The number of fused-ring (bicyclic) bond motifs is 1. The number of amides is 3. The highest BCUT2D eigenvalue weighted by Crippen LogP contribution is 2.59. The molecule has 2 bridgehead atoms. The quantitative estimate of drug-likeness (QED) is 0.133. The first-order chi connectivity index (χ1) is 24.6. The molecule has 2 aromatic carbocycles. The molecule has 11 nitrogen and oxygen atoms in total.